The van der Waals surface area contributed by atoms with E-state index in [2.05, 4.69) is 43.3 Å². The second-order valence-electron chi connectivity index (χ2n) is 4.48. The SMILES string of the molecule is CC(C)=C1c2ccccc2CCC1/C=N/O. The topological polar surface area (TPSA) is 32.6 Å². The van der Waals surface area contributed by atoms with Gasteiger partial charge in [0.15, 0.2) is 0 Å². The van der Waals surface area contributed by atoms with Crippen molar-refractivity contribution in [2.75, 3.05) is 0 Å². The molecule has 1 atom stereocenters. The fraction of sp³-hybridized carbons (Fsp3) is 0.357. The second kappa shape index (κ2) is 4.52. The maximum atomic E-state index is 8.71. The number of hydrogen-bond donors (Lipinski definition) is 1. The molecule has 1 aromatic rings. The molecule has 0 heterocycles. The van der Waals surface area contributed by atoms with Gasteiger partial charge in [-0.15, -0.1) is 5.16 Å². The van der Waals surface area contributed by atoms with Crippen molar-refractivity contribution in [2.45, 2.75) is 26.7 Å². The van der Waals surface area contributed by atoms with Crippen molar-refractivity contribution in [3.63, 3.8) is 0 Å². The smallest absolute Gasteiger partial charge is 0.0511 e. The number of benzene rings is 1. The summed E-state index contributed by atoms with van der Waals surface area (Å²) in [6, 6.07) is 8.50. The summed E-state index contributed by atoms with van der Waals surface area (Å²) in [6.45, 7) is 4.24. The van der Waals surface area contributed by atoms with Crippen LogP contribution >= 0.6 is 0 Å². The number of hydrogen-bond acceptors (Lipinski definition) is 2. The second-order valence-corrected chi connectivity index (χ2v) is 4.48. The summed E-state index contributed by atoms with van der Waals surface area (Å²) >= 11 is 0. The van der Waals surface area contributed by atoms with E-state index in [1.54, 1.807) is 6.21 Å². The molecule has 0 saturated heterocycles. The van der Waals surface area contributed by atoms with Gasteiger partial charge in [0.05, 0.1) is 6.21 Å². The Kier molecular flexibility index (Phi) is 3.09. The Morgan fingerprint density at radius 2 is 2.12 bits per heavy atom. The van der Waals surface area contributed by atoms with Crippen LogP contribution in [0.25, 0.3) is 5.57 Å². The lowest BCUT2D eigenvalue weighted by molar-refractivity contribution is 0.319. The Morgan fingerprint density at radius 3 is 2.81 bits per heavy atom. The molecule has 0 fully saturated rings. The Balaban J connectivity index is 2.53. The fourth-order valence-electron chi connectivity index (χ4n) is 2.53. The predicted molar refractivity (Wildman–Crippen MR) is 66.8 cm³/mol. The van der Waals surface area contributed by atoms with Crippen LogP contribution in [0.1, 0.15) is 31.4 Å². The molecule has 0 aromatic heterocycles. The molecule has 1 aliphatic carbocycles. The molecule has 1 unspecified atom stereocenters. The highest BCUT2D eigenvalue weighted by Crippen LogP contribution is 2.36. The van der Waals surface area contributed by atoms with E-state index < -0.39 is 0 Å². The highest BCUT2D eigenvalue weighted by atomic mass is 16.4. The zero-order valence-corrected chi connectivity index (χ0v) is 9.77. The third-order valence-electron chi connectivity index (χ3n) is 3.19. The molecule has 1 aliphatic rings. The number of nitrogens with zero attached hydrogens (tertiary/aromatic N) is 1. The van der Waals surface area contributed by atoms with E-state index in [0.717, 1.165) is 12.8 Å². The maximum Gasteiger partial charge on any atom is 0.0511 e. The first kappa shape index (κ1) is 10.9. The first-order valence-corrected chi connectivity index (χ1v) is 5.67. The molecule has 2 rings (SSSR count). The van der Waals surface area contributed by atoms with Gasteiger partial charge in [0.2, 0.25) is 0 Å². The quantitative estimate of drug-likeness (QED) is 0.434. The average Bonchev–Trinajstić information content (AvgIpc) is 2.28. The Bertz CT molecular complexity index is 442. The molecule has 1 aromatic carbocycles. The maximum absolute atomic E-state index is 8.71. The Morgan fingerprint density at radius 1 is 1.38 bits per heavy atom. The molecule has 0 bridgehead atoms. The third-order valence-corrected chi connectivity index (χ3v) is 3.19. The van der Waals surface area contributed by atoms with Crippen molar-refractivity contribution >= 4 is 11.8 Å². The summed E-state index contributed by atoms with van der Waals surface area (Å²) in [5, 5.41) is 11.9. The molecule has 0 saturated carbocycles. The molecule has 0 spiro atoms. The molecule has 0 radical (unpaired) electrons. The van der Waals surface area contributed by atoms with Crippen LogP contribution in [0.2, 0.25) is 0 Å². The summed E-state index contributed by atoms with van der Waals surface area (Å²) in [5.41, 5.74) is 5.34. The molecule has 1 N–H and O–H groups in total. The minimum Gasteiger partial charge on any atom is -0.411 e. The van der Waals surface area contributed by atoms with E-state index in [1.165, 1.54) is 22.3 Å². The van der Waals surface area contributed by atoms with E-state index >= 15 is 0 Å². The van der Waals surface area contributed by atoms with Crippen LogP contribution in [0, 0.1) is 5.92 Å². The average molecular weight is 215 g/mol. The van der Waals surface area contributed by atoms with E-state index in [9.17, 15) is 0 Å². The molecule has 2 nitrogen and oxygen atoms in total. The normalized spacial score (nSPS) is 19.9. The van der Waals surface area contributed by atoms with Crippen LogP contribution < -0.4 is 0 Å². The van der Waals surface area contributed by atoms with Gasteiger partial charge in [0, 0.05) is 5.92 Å². The van der Waals surface area contributed by atoms with E-state index in [-0.39, 0.29) is 5.92 Å². The summed E-state index contributed by atoms with van der Waals surface area (Å²) in [4.78, 5) is 0. The summed E-state index contributed by atoms with van der Waals surface area (Å²) in [7, 11) is 0. The van der Waals surface area contributed by atoms with Gasteiger partial charge in [-0.2, -0.15) is 0 Å². The molecule has 0 amide bonds. The number of oxime groups is 1. The van der Waals surface area contributed by atoms with Gasteiger partial charge in [-0.3, -0.25) is 0 Å². The van der Waals surface area contributed by atoms with E-state index in [0.29, 0.717) is 0 Å². The van der Waals surface area contributed by atoms with Gasteiger partial charge < -0.3 is 5.21 Å². The number of allylic oxidation sites excluding steroid dienone is 2. The van der Waals surface area contributed by atoms with Gasteiger partial charge in [-0.25, -0.2) is 0 Å². The van der Waals surface area contributed by atoms with Crippen molar-refractivity contribution in [3.05, 3.63) is 41.0 Å². The van der Waals surface area contributed by atoms with Gasteiger partial charge in [0.1, 0.15) is 0 Å². The predicted octanol–water partition coefficient (Wildman–Crippen LogP) is 3.50. The first-order valence-electron chi connectivity index (χ1n) is 5.67. The zero-order valence-electron chi connectivity index (χ0n) is 9.77. The highest BCUT2D eigenvalue weighted by molar-refractivity contribution is 5.86. The van der Waals surface area contributed by atoms with E-state index in [4.69, 9.17) is 5.21 Å². The zero-order chi connectivity index (χ0) is 11.5. The van der Waals surface area contributed by atoms with Crippen LogP contribution in [0.15, 0.2) is 35.0 Å². The van der Waals surface area contributed by atoms with Crippen LogP contribution in [0.5, 0.6) is 0 Å². The lowest BCUT2D eigenvalue weighted by Crippen LogP contribution is -2.15. The van der Waals surface area contributed by atoms with Gasteiger partial charge in [-0.05, 0) is 43.4 Å². The van der Waals surface area contributed by atoms with Crippen molar-refractivity contribution in [3.8, 4) is 0 Å². The molecule has 0 aliphatic heterocycles. The van der Waals surface area contributed by atoms with Crippen LogP contribution in [0.4, 0.5) is 0 Å². The van der Waals surface area contributed by atoms with Crippen molar-refractivity contribution in [1.82, 2.24) is 0 Å². The van der Waals surface area contributed by atoms with Gasteiger partial charge in [-0.1, -0.05) is 29.8 Å². The van der Waals surface area contributed by atoms with Crippen LogP contribution in [-0.2, 0) is 6.42 Å². The molecule has 84 valence electrons. The fourth-order valence-corrected chi connectivity index (χ4v) is 2.53. The van der Waals surface area contributed by atoms with Crippen LogP contribution in [-0.4, -0.2) is 11.4 Å². The summed E-state index contributed by atoms with van der Waals surface area (Å²) in [5.74, 6) is 0.255. The van der Waals surface area contributed by atoms with Crippen molar-refractivity contribution < 1.29 is 5.21 Å². The lowest BCUT2D eigenvalue weighted by atomic mass is 9.78. The Hall–Kier alpha value is -1.57. The summed E-state index contributed by atoms with van der Waals surface area (Å²) in [6.07, 6.45) is 3.74. The number of aryl methyl sites for hydroxylation is 1. The third kappa shape index (κ3) is 1.87. The van der Waals surface area contributed by atoms with E-state index in [1.807, 2.05) is 0 Å². The molecule has 2 heteroatoms. The van der Waals surface area contributed by atoms with Gasteiger partial charge in [0.25, 0.3) is 0 Å². The van der Waals surface area contributed by atoms with Crippen LogP contribution in [0.3, 0.4) is 0 Å². The first-order chi connectivity index (χ1) is 7.74. The van der Waals surface area contributed by atoms with Gasteiger partial charge >= 0.3 is 0 Å². The number of rotatable bonds is 1. The Labute approximate surface area is 96.3 Å². The minimum atomic E-state index is 0.255. The highest BCUT2D eigenvalue weighted by Gasteiger charge is 2.23. The van der Waals surface area contributed by atoms with Crippen molar-refractivity contribution in [2.24, 2.45) is 11.1 Å². The largest absolute Gasteiger partial charge is 0.411 e. The standard InChI is InChI=1S/C14H17NO/c1-10(2)14-12(9-15-16)8-7-11-5-3-4-6-13(11)14/h3-6,9,12,16H,7-8H2,1-2H3/b15-9+. The number of fused-ring (bicyclic) bond motifs is 1. The monoisotopic (exact) mass is 215 g/mol. The minimum absolute atomic E-state index is 0.255. The molecular weight excluding hydrogens is 198 g/mol. The lowest BCUT2D eigenvalue weighted by Gasteiger charge is -2.26. The van der Waals surface area contributed by atoms with Crippen molar-refractivity contribution in [1.29, 1.82) is 0 Å². The summed E-state index contributed by atoms with van der Waals surface area (Å²) < 4.78 is 0. The molecular formula is C14H17NO. The molecule has 16 heavy (non-hydrogen) atoms.